The van der Waals surface area contributed by atoms with Gasteiger partial charge in [0.2, 0.25) is 5.82 Å². The molecule has 1 aliphatic heterocycles. The molecule has 8 heteroatoms. The predicted molar refractivity (Wildman–Crippen MR) is 142 cm³/mol. The zero-order valence-corrected chi connectivity index (χ0v) is 21.3. The highest BCUT2D eigenvalue weighted by atomic mass is 32.2. The first kappa shape index (κ1) is 23.7. The van der Waals surface area contributed by atoms with Crippen LogP contribution in [0.1, 0.15) is 30.0 Å². The second-order valence-corrected chi connectivity index (χ2v) is 9.36. The zero-order chi connectivity index (χ0) is 25.2. The molecule has 3 aromatic carbocycles. The van der Waals surface area contributed by atoms with Gasteiger partial charge in [-0.25, -0.2) is 4.79 Å². The molecule has 36 heavy (non-hydrogen) atoms. The lowest BCUT2D eigenvalue weighted by molar-refractivity contribution is 0.244. The fraction of sp³-hybridized carbons (Fsp3) is 0.179. The number of benzene rings is 3. The molecular weight excluding hydrogens is 472 g/mol. The van der Waals surface area contributed by atoms with Crippen molar-refractivity contribution in [1.82, 2.24) is 15.5 Å². The number of thioether (sulfide) groups is 1. The molecule has 2 amide bonds. The van der Waals surface area contributed by atoms with Gasteiger partial charge >= 0.3 is 6.03 Å². The van der Waals surface area contributed by atoms with E-state index in [9.17, 15) is 4.79 Å². The van der Waals surface area contributed by atoms with Crippen LogP contribution in [0.25, 0.3) is 17.0 Å². The molecule has 0 saturated heterocycles. The zero-order valence-electron chi connectivity index (χ0n) is 20.5. The number of carbonyl (C=O) groups is 1. The fourth-order valence-corrected chi connectivity index (χ4v) is 4.77. The van der Waals surface area contributed by atoms with E-state index in [-0.39, 0.29) is 6.03 Å². The molecule has 1 N–H and O–H groups in total. The summed E-state index contributed by atoms with van der Waals surface area (Å²) in [5, 5.41) is 7.41. The van der Waals surface area contributed by atoms with Crippen LogP contribution in [0.4, 0.5) is 10.5 Å². The summed E-state index contributed by atoms with van der Waals surface area (Å²) in [5.41, 5.74) is 5.02. The van der Waals surface area contributed by atoms with Crippen molar-refractivity contribution in [2.45, 2.75) is 24.8 Å². The van der Waals surface area contributed by atoms with Crippen LogP contribution >= 0.6 is 11.8 Å². The van der Waals surface area contributed by atoms with Crippen molar-refractivity contribution in [2.24, 2.45) is 0 Å². The molecule has 0 bridgehead atoms. The van der Waals surface area contributed by atoms with Crippen LogP contribution in [0.5, 0.6) is 5.75 Å². The van der Waals surface area contributed by atoms with Crippen molar-refractivity contribution in [3.8, 4) is 17.1 Å². The molecule has 5 rings (SSSR count). The normalized spacial score (nSPS) is 15.7. The van der Waals surface area contributed by atoms with E-state index in [0.717, 1.165) is 27.2 Å². The average Bonchev–Trinajstić information content (AvgIpc) is 3.38. The molecule has 4 aromatic rings. The third kappa shape index (κ3) is 4.47. The van der Waals surface area contributed by atoms with E-state index in [0.29, 0.717) is 28.8 Å². The van der Waals surface area contributed by atoms with Gasteiger partial charge in [0.25, 0.3) is 5.89 Å². The predicted octanol–water partition coefficient (Wildman–Crippen LogP) is 6.48. The number of nitrogens with zero attached hydrogens (tertiary/aromatic N) is 3. The van der Waals surface area contributed by atoms with E-state index in [1.165, 1.54) is 0 Å². The average molecular weight is 499 g/mol. The van der Waals surface area contributed by atoms with Crippen molar-refractivity contribution >= 4 is 29.1 Å². The molecule has 1 aliphatic rings. The Labute approximate surface area is 214 Å². The third-order valence-electron chi connectivity index (χ3n) is 6.18. The van der Waals surface area contributed by atoms with Gasteiger partial charge in [-0.15, -0.1) is 11.8 Å². The summed E-state index contributed by atoms with van der Waals surface area (Å²) in [6.07, 6.45) is 2.03. The molecule has 182 valence electrons. The maximum Gasteiger partial charge on any atom is 0.327 e. The van der Waals surface area contributed by atoms with E-state index in [1.807, 2.05) is 92.9 Å². The van der Waals surface area contributed by atoms with Crippen molar-refractivity contribution in [3.05, 3.63) is 95.5 Å². The number of ether oxygens (including phenoxy) is 1. The quantitative estimate of drug-likeness (QED) is 0.307. The number of methoxy groups -OCH3 is 1. The van der Waals surface area contributed by atoms with Gasteiger partial charge in [0.1, 0.15) is 5.75 Å². The number of aromatic nitrogens is 2. The van der Waals surface area contributed by atoms with Crippen LogP contribution in [0.15, 0.2) is 87.9 Å². The van der Waals surface area contributed by atoms with Crippen LogP contribution in [0, 0.1) is 6.92 Å². The number of hydrogen-bond acceptors (Lipinski definition) is 6. The topological polar surface area (TPSA) is 80.5 Å². The lowest BCUT2D eigenvalue weighted by Crippen LogP contribution is -2.46. The summed E-state index contributed by atoms with van der Waals surface area (Å²) >= 11 is 1.67. The van der Waals surface area contributed by atoms with Crippen LogP contribution in [-0.4, -0.2) is 29.5 Å². The first-order valence-corrected chi connectivity index (χ1v) is 12.7. The van der Waals surface area contributed by atoms with Crippen molar-refractivity contribution in [3.63, 3.8) is 0 Å². The van der Waals surface area contributed by atoms with E-state index >= 15 is 0 Å². The number of amides is 2. The number of rotatable bonds is 6. The number of urea groups is 1. The minimum atomic E-state index is -0.457. The van der Waals surface area contributed by atoms with Crippen LogP contribution in [0.3, 0.4) is 0 Å². The van der Waals surface area contributed by atoms with E-state index in [4.69, 9.17) is 14.2 Å². The number of carbonyl (C=O) groups excluding carboxylic acids is 1. The maximum absolute atomic E-state index is 13.4. The third-order valence-corrected chi connectivity index (χ3v) is 6.92. The Morgan fingerprint density at radius 3 is 2.53 bits per heavy atom. The molecule has 0 aliphatic carbocycles. The Balaban J connectivity index is 1.65. The molecule has 0 radical (unpaired) electrons. The van der Waals surface area contributed by atoms with Crippen LogP contribution in [-0.2, 0) is 0 Å². The van der Waals surface area contributed by atoms with Crippen molar-refractivity contribution in [1.29, 1.82) is 0 Å². The Bertz CT molecular complexity index is 1450. The molecular formula is C28H26N4O3S. The number of aryl methyl sites for hydroxylation is 1. The Kier molecular flexibility index (Phi) is 6.52. The highest BCUT2D eigenvalue weighted by Gasteiger charge is 2.36. The summed E-state index contributed by atoms with van der Waals surface area (Å²) in [4.78, 5) is 20.9. The van der Waals surface area contributed by atoms with Gasteiger partial charge in [-0.05, 0) is 56.0 Å². The molecule has 0 fully saturated rings. The summed E-state index contributed by atoms with van der Waals surface area (Å²) in [7, 11) is 1.60. The van der Waals surface area contributed by atoms with Gasteiger partial charge in [-0.3, -0.25) is 4.90 Å². The van der Waals surface area contributed by atoms with Crippen molar-refractivity contribution < 1.29 is 14.1 Å². The van der Waals surface area contributed by atoms with E-state index < -0.39 is 6.04 Å². The minimum Gasteiger partial charge on any atom is -0.497 e. The lowest BCUT2D eigenvalue weighted by atomic mass is 9.94. The SMILES string of the molecule is COc1cccc(N2C(=O)NC(c3ccc(SC)cc3)C(c3nc(-c4cccc(C)c4)no3)=C2C)c1. The maximum atomic E-state index is 13.4. The summed E-state index contributed by atoms with van der Waals surface area (Å²) in [6.45, 7) is 3.92. The first-order valence-electron chi connectivity index (χ1n) is 11.5. The number of hydrogen-bond donors (Lipinski definition) is 1. The van der Waals surface area contributed by atoms with Crippen LogP contribution < -0.4 is 15.0 Å². The molecule has 0 saturated carbocycles. The molecule has 0 spiro atoms. The molecule has 2 heterocycles. The Hall–Kier alpha value is -4.04. The fourth-order valence-electron chi connectivity index (χ4n) is 4.36. The number of nitrogens with one attached hydrogen (secondary N) is 1. The molecule has 1 unspecified atom stereocenters. The summed E-state index contributed by atoms with van der Waals surface area (Å²) in [6, 6.07) is 22.7. The highest BCUT2D eigenvalue weighted by molar-refractivity contribution is 7.98. The monoisotopic (exact) mass is 498 g/mol. The van der Waals surface area contributed by atoms with E-state index in [1.54, 1.807) is 23.8 Å². The first-order chi connectivity index (χ1) is 17.5. The summed E-state index contributed by atoms with van der Waals surface area (Å²) in [5.74, 6) is 1.51. The van der Waals surface area contributed by atoms with Gasteiger partial charge in [0.15, 0.2) is 0 Å². The second kappa shape index (κ2) is 9.91. The lowest BCUT2D eigenvalue weighted by Gasteiger charge is -2.35. The van der Waals surface area contributed by atoms with Gasteiger partial charge in [-0.2, -0.15) is 4.98 Å². The Morgan fingerprint density at radius 2 is 1.81 bits per heavy atom. The summed E-state index contributed by atoms with van der Waals surface area (Å²) < 4.78 is 11.2. The minimum absolute atomic E-state index is 0.248. The smallest absolute Gasteiger partial charge is 0.327 e. The van der Waals surface area contributed by atoms with Crippen LogP contribution in [0.2, 0.25) is 0 Å². The van der Waals surface area contributed by atoms with Gasteiger partial charge in [0.05, 0.1) is 24.4 Å². The largest absolute Gasteiger partial charge is 0.497 e. The number of anilines is 1. The molecule has 1 atom stereocenters. The Morgan fingerprint density at radius 1 is 1.03 bits per heavy atom. The molecule has 7 nitrogen and oxygen atoms in total. The molecule has 1 aromatic heterocycles. The van der Waals surface area contributed by atoms with Gasteiger partial charge in [-0.1, -0.05) is 47.1 Å². The van der Waals surface area contributed by atoms with Gasteiger partial charge in [0, 0.05) is 22.2 Å². The highest BCUT2D eigenvalue weighted by Crippen LogP contribution is 2.40. The van der Waals surface area contributed by atoms with Gasteiger partial charge < -0.3 is 14.6 Å². The second-order valence-electron chi connectivity index (χ2n) is 8.48. The standard InChI is InChI=1S/C28H26N4O3S/c1-17-7-5-8-20(15-17)26-30-27(35-31-26)24-18(2)32(21-9-6-10-22(16-21)34-3)28(33)29-25(24)19-11-13-23(36-4)14-12-19/h5-16,25H,1-4H3,(H,29,33). The van der Waals surface area contributed by atoms with E-state index in [2.05, 4.69) is 10.5 Å². The number of allylic oxidation sites excluding steroid dienone is 1. The van der Waals surface area contributed by atoms with Crippen molar-refractivity contribution in [2.75, 3.05) is 18.3 Å².